The van der Waals surface area contributed by atoms with Gasteiger partial charge in [-0.2, -0.15) is 5.26 Å². The number of amides is 2. The number of hydrogen-bond donors (Lipinski definition) is 3. The summed E-state index contributed by atoms with van der Waals surface area (Å²) in [6, 6.07) is 12.9. The van der Waals surface area contributed by atoms with Gasteiger partial charge in [0.05, 0.1) is 11.6 Å². The number of ether oxygens (including phenoxy) is 2. The zero-order chi connectivity index (χ0) is 24.0. The average Bonchev–Trinajstić information content (AvgIpc) is 2.74. The molecule has 1 saturated carbocycles. The summed E-state index contributed by atoms with van der Waals surface area (Å²) < 4.78 is 11.0. The van der Waals surface area contributed by atoms with Crippen LogP contribution in [0.5, 0.6) is 17.2 Å². The van der Waals surface area contributed by atoms with E-state index in [-0.39, 0.29) is 29.3 Å². The summed E-state index contributed by atoms with van der Waals surface area (Å²) in [4.78, 5) is 24.7. The molecule has 2 amide bonds. The van der Waals surface area contributed by atoms with Gasteiger partial charge in [-0.1, -0.05) is 0 Å². The van der Waals surface area contributed by atoms with Crippen molar-refractivity contribution in [3.05, 3.63) is 53.6 Å². The number of nitrogens with one attached hydrogen (secondary N) is 2. The van der Waals surface area contributed by atoms with E-state index in [1.165, 1.54) is 12.1 Å². The molecular weight excluding hydrogens is 422 g/mol. The van der Waals surface area contributed by atoms with E-state index in [2.05, 4.69) is 10.6 Å². The third-order valence-corrected chi connectivity index (χ3v) is 5.16. The van der Waals surface area contributed by atoms with E-state index in [0.717, 1.165) is 25.7 Å². The highest BCUT2D eigenvalue weighted by Crippen LogP contribution is 2.27. The molecule has 174 valence electrons. The highest BCUT2D eigenvalue weighted by atomic mass is 16.6. The number of nitrogens with zero attached hydrogens (tertiary/aromatic N) is 1. The summed E-state index contributed by atoms with van der Waals surface area (Å²) in [6.45, 7) is 5.46. The van der Waals surface area contributed by atoms with E-state index in [4.69, 9.17) is 14.7 Å². The molecule has 0 radical (unpaired) electrons. The van der Waals surface area contributed by atoms with Crippen molar-refractivity contribution in [3.63, 3.8) is 0 Å². The Bertz CT molecular complexity index is 1030. The zero-order valence-electron chi connectivity index (χ0n) is 19.1. The molecule has 0 atom stereocenters. The number of phenolic OH excluding ortho intramolecular Hbond substituents is 1. The van der Waals surface area contributed by atoms with E-state index in [0.29, 0.717) is 17.1 Å². The second-order valence-electron chi connectivity index (χ2n) is 9.12. The van der Waals surface area contributed by atoms with E-state index < -0.39 is 11.7 Å². The van der Waals surface area contributed by atoms with Crippen LogP contribution in [0.25, 0.3) is 0 Å². The summed E-state index contributed by atoms with van der Waals surface area (Å²) >= 11 is 0. The van der Waals surface area contributed by atoms with Gasteiger partial charge < -0.3 is 25.2 Å². The number of hydrogen-bond acceptors (Lipinski definition) is 6. The molecule has 33 heavy (non-hydrogen) atoms. The van der Waals surface area contributed by atoms with E-state index >= 15 is 0 Å². The second kappa shape index (κ2) is 10.3. The third-order valence-electron chi connectivity index (χ3n) is 5.16. The number of carbonyl (C=O) groups excluding carboxylic acids is 2. The highest BCUT2D eigenvalue weighted by molar-refractivity contribution is 5.95. The first kappa shape index (κ1) is 23.9. The Kier molecular flexibility index (Phi) is 7.44. The normalized spacial score (nSPS) is 18.0. The summed E-state index contributed by atoms with van der Waals surface area (Å²) in [7, 11) is 0. The summed E-state index contributed by atoms with van der Waals surface area (Å²) in [6.07, 6.45) is 2.48. The fourth-order valence-corrected chi connectivity index (χ4v) is 3.63. The van der Waals surface area contributed by atoms with Crippen molar-refractivity contribution in [2.24, 2.45) is 0 Å². The highest BCUT2D eigenvalue weighted by Gasteiger charge is 2.26. The lowest BCUT2D eigenvalue weighted by Gasteiger charge is -2.30. The molecule has 0 spiro atoms. The smallest absolute Gasteiger partial charge is 0.407 e. The minimum absolute atomic E-state index is 0.0150. The number of alkyl carbamates (subject to hydrolysis) is 1. The summed E-state index contributed by atoms with van der Waals surface area (Å²) in [5.41, 5.74) is 0.251. The Labute approximate surface area is 193 Å². The lowest BCUT2D eigenvalue weighted by Crippen LogP contribution is -2.45. The minimum Gasteiger partial charge on any atom is -0.508 e. The Balaban J connectivity index is 1.54. The minimum atomic E-state index is -0.543. The molecule has 0 bridgehead atoms. The molecule has 2 aromatic rings. The monoisotopic (exact) mass is 451 g/mol. The van der Waals surface area contributed by atoms with Crippen LogP contribution in [0.15, 0.2) is 42.5 Å². The van der Waals surface area contributed by atoms with Crippen LogP contribution in [0.1, 0.15) is 62.4 Å². The molecule has 1 aliphatic carbocycles. The number of carbonyl (C=O) groups is 2. The molecule has 8 nitrogen and oxygen atoms in total. The van der Waals surface area contributed by atoms with Crippen LogP contribution in [-0.2, 0) is 4.74 Å². The van der Waals surface area contributed by atoms with Gasteiger partial charge in [-0.15, -0.1) is 0 Å². The van der Waals surface area contributed by atoms with Crippen LogP contribution in [0.4, 0.5) is 4.79 Å². The number of phenols is 1. The van der Waals surface area contributed by atoms with Crippen molar-refractivity contribution in [1.82, 2.24) is 10.6 Å². The maximum atomic E-state index is 12.8. The quantitative estimate of drug-likeness (QED) is 0.610. The van der Waals surface area contributed by atoms with Gasteiger partial charge in [0.2, 0.25) is 0 Å². The maximum absolute atomic E-state index is 12.8. The third kappa shape index (κ3) is 7.42. The van der Waals surface area contributed by atoms with Crippen molar-refractivity contribution in [2.75, 3.05) is 0 Å². The van der Waals surface area contributed by atoms with Gasteiger partial charge in [-0.3, -0.25) is 4.79 Å². The van der Waals surface area contributed by atoms with Gasteiger partial charge in [-0.05, 0) is 82.9 Å². The Morgan fingerprint density at radius 2 is 1.58 bits per heavy atom. The first-order valence-electron chi connectivity index (χ1n) is 10.9. The van der Waals surface area contributed by atoms with Gasteiger partial charge in [0.1, 0.15) is 22.8 Å². The second-order valence-corrected chi connectivity index (χ2v) is 9.12. The topological polar surface area (TPSA) is 121 Å². The molecule has 0 aromatic heterocycles. The molecule has 3 rings (SSSR count). The SMILES string of the molecule is CC(C)(C)OC(=O)NC1CCC(NC(=O)c2cc(O)cc(Oc3ccc(C#N)cc3)c2)CC1. The van der Waals surface area contributed by atoms with Crippen LogP contribution >= 0.6 is 0 Å². The molecule has 2 aromatic carbocycles. The lowest BCUT2D eigenvalue weighted by atomic mass is 9.91. The fraction of sp³-hybridized carbons (Fsp3) is 0.400. The molecule has 0 unspecified atom stereocenters. The largest absolute Gasteiger partial charge is 0.508 e. The van der Waals surface area contributed by atoms with E-state index in [1.54, 1.807) is 30.3 Å². The molecular formula is C25H29N3O5. The van der Waals surface area contributed by atoms with E-state index in [9.17, 15) is 14.7 Å². The first-order chi connectivity index (χ1) is 15.6. The van der Waals surface area contributed by atoms with Crippen molar-refractivity contribution in [1.29, 1.82) is 5.26 Å². The van der Waals surface area contributed by atoms with Crippen molar-refractivity contribution >= 4 is 12.0 Å². The van der Waals surface area contributed by atoms with Gasteiger partial charge in [0.25, 0.3) is 5.91 Å². The standard InChI is InChI=1S/C25H29N3O5/c1-25(2,3)33-24(31)28-19-8-6-18(7-9-19)27-23(30)17-12-20(29)14-22(13-17)32-21-10-4-16(15-26)5-11-21/h4-5,10-14,18-19,29H,6-9H2,1-3H3,(H,27,30)(H,28,31). The predicted octanol–water partition coefficient (Wildman–Crippen LogP) is 4.62. The van der Waals surface area contributed by atoms with E-state index in [1.807, 2.05) is 26.8 Å². The molecule has 0 aliphatic heterocycles. The van der Waals surface area contributed by atoms with Crippen molar-refractivity contribution in [2.45, 2.75) is 64.1 Å². The molecule has 3 N–H and O–H groups in total. The summed E-state index contributed by atoms with van der Waals surface area (Å²) in [5.74, 6) is 0.410. The van der Waals surface area contributed by atoms with Gasteiger partial charge in [0, 0.05) is 23.7 Å². The van der Waals surface area contributed by atoms with Crippen molar-refractivity contribution in [3.8, 4) is 23.3 Å². The Hall–Kier alpha value is -3.73. The average molecular weight is 452 g/mol. The zero-order valence-corrected chi connectivity index (χ0v) is 19.1. The van der Waals surface area contributed by atoms with Gasteiger partial charge in [0.15, 0.2) is 0 Å². The molecule has 0 heterocycles. The fourth-order valence-electron chi connectivity index (χ4n) is 3.63. The van der Waals surface area contributed by atoms with Gasteiger partial charge >= 0.3 is 6.09 Å². The van der Waals surface area contributed by atoms with Crippen LogP contribution in [0, 0.1) is 11.3 Å². The Morgan fingerprint density at radius 3 is 2.15 bits per heavy atom. The number of aromatic hydroxyl groups is 1. The number of benzene rings is 2. The molecule has 1 aliphatic rings. The van der Waals surface area contributed by atoms with Crippen LogP contribution < -0.4 is 15.4 Å². The van der Waals surface area contributed by atoms with Crippen LogP contribution in [0.2, 0.25) is 0 Å². The molecule has 1 fully saturated rings. The van der Waals surface area contributed by atoms with Gasteiger partial charge in [-0.25, -0.2) is 4.79 Å². The number of rotatable bonds is 5. The lowest BCUT2D eigenvalue weighted by molar-refractivity contribution is 0.0488. The first-order valence-corrected chi connectivity index (χ1v) is 10.9. The molecule has 0 saturated heterocycles. The summed E-state index contributed by atoms with van der Waals surface area (Å²) in [5, 5.41) is 24.8. The van der Waals surface area contributed by atoms with Crippen LogP contribution in [0.3, 0.4) is 0 Å². The predicted molar refractivity (Wildman–Crippen MR) is 122 cm³/mol. The Morgan fingerprint density at radius 1 is 0.970 bits per heavy atom. The molecule has 8 heteroatoms. The van der Waals surface area contributed by atoms with Crippen molar-refractivity contribution < 1.29 is 24.2 Å². The van der Waals surface area contributed by atoms with Crippen LogP contribution in [-0.4, -0.2) is 34.8 Å². The number of nitriles is 1. The maximum Gasteiger partial charge on any atom is 0.407 e.